The largest absolute Gasteiger partial charge is 0.486 e. The number of benzene rings is 1. The Morgan fingerprint density at radius 2 is 1.86 bits per heavy atom. The van der Waals surface area contributed by atoms with Crippen molar-refractivity contribution in [1.82, 2.24) is 25.2 Å². The molecule has 37 heavy (non-hydrogen) atoms. The fourth-order valence-electron chi connectivity index (χ4n) is 5.82. The summed E-state index contributed by atoms with van der Waals surface area (Å²) in [6, 6.07) is 8.50. The molecule has 2 saturated heterocycles. The van der Waals surface area contributed by atoms with Crippen molar-refractivity contribution >= 4 is 5.69 Å². The summed E-state index contributed by atoms with van der Waals surface area (Å²) in [5.74, 6) is -0.471. The maximum Gasteiger partial charge on any atom is 0.178 e. The van der Waals surface area contributed by atoms with Crippen LogP contribution in [0.4, 0.5) is 14.5 Å². The molecule has 3 aliphatic heterocycles. The van der Waals surface area contributed by atoms with Gasteiger partial charge in [0.1, 0.15) is 18.1 Å². The molecular weight excluding hydrogens is 474 g/mol. The number of piperazine rings is 1. The normalized spacial score (nSPS) is 21.3. The first-order valence-electron chi connectivity index (χ1n) is 13.1. The molecule has 0 saturated carbocycles. The van der Waals surface area contributed by atoms with Gasteiger partial charge in [0.2, 0.25) is 0 Å². The molecule has 6 rings (SSSR count). The minimum absolute atomic E-state index is 0.0757. The van der Waals surface area contributed by atoms with Crippen molar-refractivity contribution < 1.29 is 13.5 Å². The quantitative estimate of drug-likeness (QED) is 0.543. The highest BCUT2D eigenvalue weighted by atomic mass is 19.1. The zero-order chi connectivity index (χ0) is 25.5. The number of rotatable bonds is 6. The Labute approximate surface area is 215 Å². The smallest absolute Gasteiger partial charge is 0.178 e. The Morgan fingerprint density at radius 1 is 1.05 bits per heavy atom. The molecule has 2 aromatic heterocycles. The molecule has 194 valence electrons. The van der Waals surface area contributed by atoms with Crippen LogP contribution in [0, 0.1) is 11.6 Å². The Balaban J connectivity index is 1.21. The molecule has 2 fully saturated rings. The number of anilines is 1. The third-order valence-electron chi connectivity index (χ3n) is 7.72. The van der Waals surface area contributed by atoms with Gasteiger partial charge in [-0.05, 0) is 50.5 Å². The van der Waals surface area contributed by atoms with Gasteiger partial charge in [0.15, 0.2) is 17.4 Å². The molecule has 7 nitrogen and oxygen atoms in total. The molecule has 5 heterocycles. The highest BCUT2D eigenvalue weighted by Gasteiger charge is 2.36. The van der Waals surface area contributed by atoms with Crippen LogP contribution in [0.2, 0.25) is 0 Å². The predicted molar refractivity (Wildman–Crippen MR) is 138 cm³/mol. The highest BCUT2D eigenvalue weighted by Crippen LogP contribution is 2.39. The average Bonchev–Trinajstić information content (AvgIpc) is 3.10. The van der Waals surface area contributed by atoms with Gasteiger partial charge in [0.25, 0.3) is 0 Å². The van der Waals surface area contributed by atoms with Gasteiger partial charge >= 0.3 is 0 Å². The molecule has 0 spiro atoms. The third-order valence-corrected chi connectivity index (χ3v) is 7.72. The summed E-state index contributed by atoms with van der Waals surface area (Å²) in [6.45, 7) is 8.15. The van der Waals surface area contributed by atoms with Crippen molar-refractivity contribution in [2.75, 3.05) is 31.1 Å². The second-order valence-electron chi connectivity index (χ2n) is 10.5. The Kier molecular flexibility index (Phi) is 6.50. The maximum atomic E-state index is 15.0. The molecule has 2 bridgehead atoms. The van der Waals surface area contributed by atoms with Gasteiger partial charge in [-0.25, -0.2) is 18.7 Å². The molecule has 1 aromatic carbocycles. The number of nitrogens with zero attached hydrogens (tertiary/aromatic N) is 5. The minimum Gasteiger partial charge on any atom is -0.486 e. The first-order valence-corrected chi connectivity index (χ1v) is 13.1. The van der Waals surface area contributed by atoms with Crippen molar-refractivity contribution in [3.63, 3.8) is 0 Å². The Morgan fingerprint density at radius 3 is 2.59 bits per heavy atom. The molecule has 2 atom stereocenters. The van der Waals surface area contributed by atoms with E-state index in [1.165, 1.54) is 24.5 Å². The third kappa shape index (κ3) is 4.78. The minimum atomic E-state index is -0.593. The van der Waals surface area contributed by atoms with Crippen molar-refractivity contribution in [1.29, 1.82) is 0 Å². The lowest BCUT2D eigenvalue weighted by molar-refractivity contribution is 0.145. The van der Waals surface area contributed by atoms with Crippen LogP contribution in [0.15, 0.2) is 36.7 Å². The summed E-state index contributed by atoms with van der Waals surface area (Å²) in [6.07, 6.45) is 5.94. The van der Waals surface area contributed by atoms with E-state index < -0.39 is 11.6 Å². The van der Waals surface area contributed by atoms with Crippen molar-refractivity contribution in [2.24, 2.45) is 0 Å². The number of hydrogen-bond donors (Lipinski definition) is 1. The van der Waals surface area contributed by atoms with Crippen LogP contribution in [0.5, 0.6) is 5.75 Å². The van der Waals surface area contributed by atoms with Gasteiger partial charge in [-0.3, -0.25) is 9.88 Å². The molecule has 2 unspecified atom stereocenters. The number of fused-ring (bicyclic) bond motifs is 3. The fourth-order valence-corrected chi connectivity index (χ4v) is 5.82. The van der Waals surface area contributed by atoms with Crippen LogP contribution < -0.4 is 15.0 Å². The SMILES string of the molecule is CC(C)N1CCOc2c(F)cc(-c3nc(Cc4ccc(CN5C6CCC5CNC6)cn4)ncc3F)cc21. The second kappa shape index (κ2) is 9.95. The molecule has 0 amide bonds. The van der Waals surface area contributed by atoms with E-state index in [9.17, 15) is 8.78 Å². The number of nitrogens with one attached hydrogen (secondary N) is 1. The Bertz CT molecular complexity index is 1270. The van der Waals surface area contributed by atoms with Crippen LogP contribution in [0.3, 0.4) is 0 Å². The second-order valence-corrected chi connectivity index (χ2v) is 10.5. The van der Waals surface area contributed by atoms with Crippen LogP contribution in [-0.4, -0.2) is 64.2 Å². The van der Waals surface area contributed by atoms with Gasteiger partial charge in [0.05, 0.1) is 24.8 Å². The van der Waals surface area contributed by atoms with Gasteiger partial charge in [-0.2, -0.15) is 0 Å². The van der Waals surface area contributed by atoms with Crippen LogP contribution in [0.25, 0.3) is 11.3 Å². The van der Waals surface area contributed by atoms with Crippen molar-refractivity contribution in [3.05, 3.63) is 65.4 Å². The lowest BCUT2D eigenvalue weighted by Gasteiger charge is -2.35. The summed E-state index contributed by atoms with van der Waals surface area (Å²) < 4.78 is 35.4. The molecule has 9 heteroatoms. The summed E-state index contributed by atoms with van der Waals surface area (Å²) >= 11 is 0. The average molecular weight is 507 g/mol. The van der Waals surface area contributed by atoms with E-state index in [-0.39, 0.29) is 17.5 Å². The number of halogens is 2. The maximum absolute atomic E-state index is 15.0. The van der Waals surface area contributed by atoms with Crippen LogP contribution in [0.1, 0.15) is 43.8 Å². The predicted octanol–water partition coefficient (Wildman–Crippen LogP) is 3.95. The molecule has 3 aromatic rings. The number of ether oxygens (including phenoxy) is 1. The lowest BCUT2D eigenvalue weighted by atomic mass is 10.1. The standard InChI is InChI=1S/C28H32F2N6O/c1-17(2)35-7-8-37-28-23(29)9-19(10-25(28)35)27-24(30)15-33-26(34-27)11-20-4-3-18(12-32-20)16-36-21-5-6-22(36)14-31-13-21/h3-4,9-10,12,15,17,21-22,31H,5-8,11,13-14,16H2,1-2H3. The van der Waals surface area contributed by atoms with E-state index in [2.05, 4.69) is 36.1 Å². The van der Waals surface area contributed by atoms with Gasteiger partial charge in [0, 0.05) is 55.2 Å². The fraction of sp³-hybridized carbons (Fsp3) is 0.464. The van der Waals surface area contributed by atoms with Crippen molar-refractivity contribution in [3.8, 4) is 17.0 Å². The zero-order valence-electron chi connectivity index (χ0n) is 21.3. The Hall–Kier alpha value is -3.17. The zero-order valence-corrected chi connectivity index (χ0v) is 21.3. The summed E-state index contributed by atoms with van der Waals surface area (Å²) in [5, 5.41) is 3.52. The van der Waals surface area contributed by atoms with Crippen molar-refractivity contribution in [2.45, 2.75) is 57.8 Å². The first-order chi connectivity index (χ1) is 18.0. The molecular formula is C28H32F2N6O. The topological polar surface area (TPSA) is 66.4 Å². The first kappa shape index (κ1) is 24.2. The van der Waals surface area contributed by atoms with E-state index in [4.69, 9.17) is 4.74 Å². The lowest BCUT2D eigenvalue weighted by Crippen LogP contribution is -2.51. The van der Waals surface area contributed by atoms with Gasteiger partial charge < -0.3 is 15.0 Å². The monoisotopic (exact) mass is 506 g/mol. The summed E-state index contributed by atoms with van der Waals surface area (Å²) in [4.78, 5) is 17.9. The van der Waals surface area contributed by atoms with E-state index in [0.717, 1.165) is 31.5 Å². The van der Waals surface area contributed by atoms with E-state index >= 15 is 0 Å². The molecule has 3 aliphatic rings. The van der Waals surface area contributed by atoms with Crippen LogP contribution in [-0.2, 0) is 13.0 Å². The van der Waals surface area contributed by atoms with Crippen LogP contribution >= 0.6 is 0 Å². The molecule has 0 radical (unpaired) electrons. The van der Waals surface area contributed by atoms with E-state index in [0.29, 0.717) is 48.7 Å². The van der Waals surface area contributed by atoms with E-state index in [1.807, 2.05) is 26.1 Å². The van der Waals surface area contributed by atoms with Gasteiger partial charge in [-0.15, -0.1) is 0 Å². The number of pyridine rings is 1. The number of aromatic nitrogens is 3. The van der Waals surface area contributed by atoms with Gasteiger partial charge in [-0.1, -0.05) is 6.07 Å². The van der Waals surface area contributed by atoms with E-state index in [1.54, 1.807) is 6.07 Å². The molecule has 1 N–H and O–H groups in total. The number of hydrogen-bond acceptors (Lipinski definition) is 7. The highest BCUT2D eigenvalue weighted by molar-refractivity contribution is 5.72. The summed E-state index contributed by atoms with van der Waals surface area (Å²) in [7, 11) is 0. The molecule has 0 aliphatic carbocycles. The summed E-state index contributed by atoms with van der Waals surface area (Å²) in [5.41, 5.74) is 3.05.